The summed E-state index contributed by atoms with van der Waals surface area (Å²) in [7, 11) is 0. The lowest BCUT2D eigenvalue weighted by molar-refractivity contribution is 0.462. The van der Waals surface area contributed by atoms with Gasteiger partial charge in [0.15, 0.2) is 5.75 Å². The molecule has 0 unspecified atom stereocenters. The number of rotatable bonds is 3. The number of hydrogen-bond acceptors (Lipinski definition) is 2. The molecule has 90 valence electrons. The van der Waals surface area contributed by atoms with E-state index in [-0.39, 0.29) is 0 Å². The summed E-state index contributed by atoms with van der Waals surface area (Å²) < 4.78 is 1.85. The van der Waals surface area contributed by atoms with Crippen molar-refractivity contribution in [1.29, 1.82) is 0 Å². The molecule has 0 spiro atoms. The molecular weight excluding hydrogens is 212 g/mol. The van der Waals surface area contributed by atoms with Crippen molar-refractivity contribution < 1.29 is 5.11 Å². The van der Waals surface area contributed by atoms with Gasteiger partial charge in [0.1, 0.15) is 5.69 Å². The van der Waals surface area contributed by atoms with Crippen LogP contribution in [0.1, 0.15) is 30.3 Å². The molecule has 0 amide bonds. The van der Waals surface area contributed by atoms with Crippen LogP contribution in [-0.4, -0.2) is 14.9 Å². The summed E-state index contributed by atoms with van der Waals surface area (Å²) in [6.45, 7) is 5.99. The van der Waals surface area contributed by atoms with Crippen molar-refractivity contribution in [2.45, 2.75) is 33.6 Å². The van der Waals surface area contributed by atoms with Gasteiger partial charge in [-0.1, -0.05) is 25.5 Å². The van der Waals surface area contributed by atoms with Crippen molar-refractivity contribution in [3.63, 3.8) is 0 Å². The Labute approximate surface area is 102 Å². The zero-order valence-electron chi connectivity index (χ0n) is 10.6. The van der Waals surface area contributed by atoms with E-state index in [1.165, 1.54) is 5.56 Å². The monoisotopic (exact) mass is 230 g/mol. The molecule has 0 bridgehead atoms. The van der Waals surface area contributed by atoms with Crippen molar-refractivity contribution in [2.24, 2.45) is 0 Å². The maximum atomic E-state index is 10.00. The number of aromatic nitrogens is 2. The fraction of sp³-hybridized carbons (Fsp3) is 0.357. The van der Waals surface area contributed by atoms with E-state index < -0.39 is 0 Å². The van der Waals surface area contributed by atoms with Gasteiger partial charge in [-0.05, 0) is 38.0 Å². The third-order valence-electron chi connectivity index (χ3n) is 2.85. The average Bonchev–Trinajstić information content (AvgIpc) is 2.58. The second kappa shape index (κ2) is 4.62. The molecule has 0 saturated carbocycles. The van der Waals surface area contributed by atoms with Crippen molar-refractivity contribution in [1.82, 2.24) is 9.78 Å². The van der Waals surface area contributed by atoms with Crippen molar-refractivity contribution in [2.75, 3.05) is 0 Å². The molecule has 1 heterocycles. The van der Waals surface area contributed by atoms with Crippen LogP contribution in [0.2, 0.25) is 0 Å². The van der Waals surface area contributed by atoms with E-state index in [0.29, 0.717) is 11.4 Å². The molecule has 0 atom stereocenters. The van der Waals surface area contributed by atoms with Gasteiger partial charge in [-0.3, -0.25) is 0 Å². The fourth-order valence-corrected chi connectivity index (χ4v) is 2.00. The minimum Gasteiger partial charge on any atom is -0.504 e. The van der Waals surface area contributed by atoms with Crippen LogP contribution in [0, 0.1) is 13.8 Å². The predicted molar refractivity (Wildman–Crippen MR) is 68.7 cm³/mol. The molecule has 2 rings (SSSR count). The highest BCUT2D eigenvalue weighted by atomic mass is 16.3. The Bertz CT molecular complexity index is 529. The maximum absolute atomic E-state index is 10.00. The van der Waals surface area contributed by atoms with E-state index in [9.17, 15) is 5.11 Å². The lowest BCUT2D eigenvalue weighted by Gasteiger charge is -2.07. The Hall–Kier alpha value is -1.77. The molecule has 2 aromatic rings. The number of aryl methyl sites for hydroxylation is 2. The highest BCUT2D eigenvalue weighted by Gasteiger charge is 2.14. The van der Waals surface area contributed by atoms with Crippen LogP contribution < -0.4 is 0 Å². The minimum atomic E-state index is 0.327. The lowest BCUT2D eigenvalue weighted by Crippen LogP contribution is -2.02. The molecule has 0 radical (unpaired) electrons. The zero-order chi connectivity index (χ0) is 12.4. The molecule has 3 heteroatoms. The molecule has 1 N–H and O–H groups in total. The molecule has 17 heavy (non-hydrogen) atoms. The van der Waals surface area contributed by atoms with Gasteiger partial charge >= 0.3 is 0 Å². The van der Waals surface area contributed by atoms with Gasteiger partial charge in [-0.15, -0.1) is 0 Å². The van der Waals surface area contributed by atoms with Gasteiger partial charge in [0.25, 0.3) is 0 Å². The summed E-state index contributed by atoms with van der Waals surface area (Å²) in [5, 5.41) is 14.4. The first-order valence-electron chi connectivity index (χ1n) is 5.98. The van der Waals surface area contributed by atoms with Crippen molar-refractivity contribution in [3.8, 4) is 11.4 Å². The van der Waals surface area contributed by atoms with Crippen LogP contribution in [0.5, 0.6) is 5.75 Å². The highest BCUT2D eigenvalue weighted by Crippen LogP contribution is 2.25. The normalized spacial score (nSPS) is 10.8. The molecule has 1 aromatic carbocycles. The molecule has 0 fully saturated rings. The lowest BCUT2D eigenvalue weighted by atomic mass is 10.2. The van der Waals surface area contributed by atoms with E-state index >= 15 is 0 Å². The SMILES string of the molecule is CCCc1c(O)c(C)nn1-c1cccc(C)c1. The third kappa shape index (κ3) is 2.18. The summed E-state index contributed by atoms with van der Waals surface area (Å²) >= 11 is 0. The summed E-state index contributed by atoms with van der Waals surface area (Å²) in [6, 6.07) is 8.15. The zero-order valence-corrected chi connectivity index (χ0v) is 10.6. The Morgan fingerprint density at radius 2 is 2.06 bits per heavy atom. The Kier molecular flexibility index (Phi) is 3.18. The molecule has 0 aliphatic heterocycles. The summed E-state index contributed by atoms with van der Waals surface area (Å²) in [5.74, 6) is 0.327. The highest BCUT2D eigenvalue weighted by molar-refractivity contribution is 5.42. The number of nitrogens with zero attached hydrogens (tertiary/aromatic N) is 2. The van der Waals surface area contributed by atoms with E-state index in [4.69, 9.17) is 0 Å². The standard InChI is InChI=1S/C14H18N2O/c1-4-6-13-14(17)11(3)15-16(13)12-8-5-7-10(2)9-12/h5,7-9,17H,4,6H2,1-3H3. The van der Waals surface area contributed by atoms with Crippen LogP contribution in [0.15, 0.2) is 24.3 Å². The van der Waals surface area contributed by atoms with E-state index in [0.717, 1.165) is 24.2 Å². The predicted octanol–water partition coefficient (Wildman–Crippen LogP) is 3.15. The largest absolute Gasteiger partial charge is 0.504 e. The van der Waals surface area contributed by atoms with Crippen LogP contribution in [0.25, 0.3) is 5.69 Å². The van der Waals surface area contributed by atoms with Crippen molar-refractivity contribution in [3.05, 3.63) is 41.2 Å². The molecular formula is C14H18N2O. The van der Waals surface area contributed by atoms with Crippen LogP contribution in [-0.2, 0) is 6.42 Å². The van der Waals surface area contributed by atoms with Crippen LogP contribution >= 0.6 is 0 Å². The smallest absolute Gasteiger partial charge is 0.160 e. The van der Waals surface area contributed by atoms with E-state index in [2.05, 4.69) is 31.1 Å². The summed E-state index contributed by atoms with van der Waals surface area (Å²) in [5.41, 5.74) is 3.79. The first kappa shape index (κ1) is 11.7. The van der Waals surface area contributed by atoms with Crippen LogP contribution in [0.3, 0.4) is 0 Å². The van der Waals surface area contributed by atoms with Gasteiger partial charge in [0.05, 0.1) is 11.4 Å². The molecule has 1 aromatic heterocycles. The molecule has 3 nitrogen and oxygen atoms in total. The second-order valence-electron chi connectivity index (χ2n) is 4.38. The molecule has 0 aliphatic rings. The topological polar surface area (TPSA) is 38.1 Å². The molecule has 0 aliphatic carbocycles. The Balaban J connectivity index is 2.55. The van der Waals surface area contributed by atoms with Crippen molar-refractivity contribution >= 4 is 0 Å². The number of aromatic hydroxyl groups is 1. The van der Waals surface area contributed by atoms with Gasteiger partial charge < -0.3 is 5.11 Å². The number of hydrogen-bond donors (Lipinski definition) is 1. The fourth-order valence-electron chi connectivity index (χ4n) is 2.00. The average molecular weight is 230 g/mol. The van der Waals surface area contributed by atoms with Gasteiger partial charge in [-0.25, -0.2) is 4.68 Å². The van der Waals surface area contributed by atoms with Gasteiger partial charge in [0, 0.05) is 0 Å². The minimum absolute atomic E-state index is 0.327. The summed E-state index contributed by atoms with van der Waals surface area (Å²) in [6.07, 6.45) is 1.82. The maximum Gasteiger partial charge on any atom is 0.160 e. The summed E-state index contributed by atoms with van der Waals surface area (Å²) in [4.78, 5) is 0. The van der Waals surface area contributed by atoms with Gasteiger partial charge in [-0.2, -0.15) is 5.10 Å². The quantitative estimate of drug-likeness (QED) is 0.879. The number of benzene rings is 1. The van der Waals surface area contributed by atoms with E-state index in [1.54, 1.807) is 0 Å². The van der Waals surface area contributed by atoms with Crippen LogP contribution in [0.4, 0.5) is 0 Å². The molecule has 0 saturated heterocycles. The Morgan fingerprint density at radius 3 is 2.71 bits per heavy atom. The first-order chi connectivity index (χ1) is 8.13. The second-order valence-corrected chi connectivity index (χ2v) is 4.38. The van der Waals surface area contributed by atoms with Gasteiger partial charge in [0.2, 0.25) is 0 Å². The Morgan fingerprint density at radius 1 is 1.29 bits per heavy atom. The first-order valence-corrected chi connectivity index (χ1v) is 5.98. The van der Waals surface area contributed by atoms with E-state index in [1.807, 2.05) is 23.7 Å². The third-order valence-corrected chi connectivity index (χ3v) is 2.85.